The van der Waals surface area contributed by atoms with Crippen molar-refractivity contribution in [2.45, 2.75) is 6.54 Å². The van der Waals surface area contributed by atoms with Crippen molar-refractivity contribution in [3.8, 4) is 11.5 Å². The van der Waals surface area contributed by atoms with E-state index in [2.05, 4.69) is 34.7 Å². The topological polar surface area (TPSA) is 65.4 Å². The number of amides is 1. The molecule has 28 heavy (non-hydrogen) atoms. The minimum absolute atomic E-state index is 0.182. The Morgan fingerprint density at radius 1 is 1.04 bits per heavy atom. The molecule has 4 aromatic rings. The predicted molar refractivity (Wildman–Crippen MR) is 106 cm³/mol. The number of fused-ring (bicyclic) bond motifs is 2. The fraction of sp³-hybridized carbons (Fsp3) is 0.0909. The van der Waals surface area contributed by atoms with Crippen LogP contribution in [-0.2, 0) is 6.54 Å². The molecule has 1 aliphatic rings. The van der Waals surface area contributed by atoms with Gasteiger partial charge in [-0.05, 0) is 34.5 Å². The summed E-state index contributed by atoms with van der Waals surface area (Å²) in [6.45, 7) is 0.808. The van der Waals surface area contributed by atoms with Crippen LogP contribution >= 0.6 is 0 Å². The Labute approximate surface area is 161 Å². The van der Waals surface area contributed by atoms with E-state index in [-0.39, 0.29) is 12.7 Å². The monoisotopic (exact) mass is 371 g/mol. The largest absolute Gasteiger partial charge is 0.454 e. The van der Waals surface area contributed by atoms with Gasteiger partial charge in [0.2, 0.25) is 6.79 Å². The molecule has 0 bridgehead atoms. The highest BCUT2D eigenvalue weighted by molar-refractivity contribution is 6.04. The number of carbonyl (C=O) groups is 1. The molecular weight excluding hydrogens is 354 g/mol. The third-order valence-electron chi connectivity index (χ3n) is 4.74. The zero-order valence-electron chi connectivity index (χ0n) is 15.0. The second-order valence-electron chi connectivity index (χ2n) is 6.59. The molecule has 1 N–H and O–H groups in total. The number of carbonyl (C=O) groups excluding carboxylic acids is 1. The first-order valence-corrected chi connectivity index (χ1v) is 8.96. The molecule has 0 atom stereocenters. The van der Waals surface area contributed by atoms with Crippen molar-refractivity contribution >= 4 is 22.4 Å². The predicted octanol–water partition coefficient (Wildman–Crippen LogP) is 4.07. The molecule has 1 amide bonds. The lowest BCUT2D eigenvalue weighted by molar-refractivity contribution is 0.102. The molecule has 0 fully saturated rings. The maximum Gasteiger partial charge on any atom is 0.255 e. The first kappa shape index (κ1) is 16.4. The summed E-state index contributed by atoms with van der Waals surface area (Å²) in [6, 6.07) is 19.6. The first-order valence-electron chi connectivity index (χ1n) is 8.96. The van der Waals surface area contributed by atoms with Crippen LogP contribution in [-0.4, -0.2) is 22.5 Å². The second kappa shape index (κ2) is 6.74. The van der Waals surface area contributed by atoms with Crippen LogP contribution in [0.15, 0.2) is 73.1 Å². The average molecular weight is 371 g/mol. The van der Waals surface area contributed by atoms with Crippen LogP contribution in [0.1, 0.15) is 15.9 Å². The fourth-order valence-corrected chi connectivity index (χ4v) is 3.36. The smallest absolute Gasteiger partial charge is 0.255 e. The summed E-state index contributed by atoms with van der Waals surface area (Å²) in [7, 11) is 0. The summed E-state index contributed by atoms with van der Waals surface area (Å²) in [4.78, 5) is 12.5. The summed E-state index contributed by atoms with van der Waals surface area (Å²) >= 11 is 0. The van der Waals surface area contributed by atoms with Crippen LogP contribution in [0.3, 0.4) is 0 Å². The van der Waals surface area contributed by atoms with Crippen molar-refractivity contribution in [2.75, 3.05) is 12.1 Å². The van der Waals surface area contributed by atoms with Gasteiger partial charge >= 0.3 is 0 Å². The maximum absolute atomic E-state index is 12.5. The summed E-state index contributed by atoms with van der Waals surface area (Å²) in [5.74, 6) is 1.02. The van der Waals surface area contributed by atoms with Crippen LogP contribution in [0.5, 0.6) is 11.5 Å². The molecule has 0 aliphatic carbocycles. The van der Waals surface area contributed by atoms with Crippen LogP contribution in [0.4, 0.5) is 5.69 Å². The Hall–Kier alpha value is -3.80. The Balaban J connectivity index is 1.33. The maximum atomic E-state index is 12.5. The first-order chi connectivity index (χ1) is 13.8. The number of benzene rings is 3. The molecule has 1 aromatic heterocycles. The van der Waals surface area contributed by atoms with E-state index in [0.717, 1.165) is 0 Å². The van der Waals surface area contributed by atoms with E-state index in [4.69, 9.17) is 9.47 Å². The highest BCUT2D eigenvalue weighted by atomic mass is 16.7. The molecule has 3 aromatic carbocycles. The van der Waals surface area contributed by atoms with E-state index >= 15 is 0 Å². The van der Waals surface area contributed by atoms with Gasteiger partial charge in [-0.3, -0.25) is 9.48 Å². The van der Waals surface area contributed by atoms with Gasteiger partial charge in [0.15, 0.2) is 11.5 Å². The van der Waals surface area contributed by atoms with Gasteiger partial charge in [0.25, 0.3) is 5.91 Å². The molecule has 5 rings (SSSR count). The highest BCUT2D eigenvalue weighted by Gasteiger charge is 2.16. The van der Waals surface area contributed by atoms with Crippen molar-refractivity contribution in [3.05, 3.63) is 84.2 Å². The molecule has 2 heterocycles. The van der Waals surface area contributed by atoms with Crippen LogP contribution in [0.25, 0.3) is 10.8 Å². The molecule has 6 nitrogen and oxygen atoms in total. The highest BCUT2D eigenvalue weighted by Crippen LogP contribution is 2.32. The SMILES string of the molecule is O=C(Nc1cnn(Cc2cccc3ccccc23)c1)c1ccc2c(c1)OCO2. The van der Waals surface area contributed by atoms with Gasteiger partial charge in [-0.15, -0.1) is 0 Å². The standard InChI is InChI=1S/C22H17N3O3/c26-22(16-8-9-20-21(10-16)28-14-27-20)24-18-11-23-25(13-18)12-17-6-3-5-15-4-1-2-7-19(15)17/h1-11,13H,12,14H2,(H,24,26). The Morgan fingerprint density at radius 2 is 1.89 bits per heavy atom. The summed E-state index contributed by atoms with van der Waals surface area (Å²) in [6.07, 6.45) is 3.47. The number of nitrogens with one attached hydrogen (secondary N) is 1. The van der Waals surface area contributed by atoms with Crippen molar-refractivity contribution in [3.63, 3.8) is 0 Å². The normalized spacial score (nSPS) is 12.3. The molecule has 0 saturated carbocycles. The number of hydrogen-bond donors (Lipinski definition) is 1. The lowest BCUT2D eigenvalue weighted by Gasteiger charge is -2.07. The van der Waals surface area contributed by atoms with Gasteiger partial charge in [0.1, 0.15) is 0 Å². The zero-order chi connectivity index (χ0) is 18.9. The van der Waals surface area contributed by atoms with E-state index in [1.165, 1.54) is 16.3 Å². The van der Waals surface area contributed by atoms with Gasteiger partial charge in [0, 0.05) is 11.8 Å². The molecule has 1 aliphatic heterocycles. The van der Waals surface area contributed by atoms with E-state index in [1.54, 1.807) is 24.4 Å². The number of aromatic nitrogens is 2. The molecule has 0 saturated heterocycles. The average Bonchev–Trinajstić information content (AvgIpc) is 3.37. The Morgan fingerprint density at radius 3 is 2.86 bits per heavy atom. The van der Waals surface area contributed by atoms with Crippen LogP contribution in [0.2, 0.25) is 0 Å². The van der Waals surface area contributed by atoms with E-state index < -0.39 is 0 Å². The number of ether oxygens (including phenoxy) is 2. The number of hydrogen-bond acceptors (Lipinski definition) is 4. The van der Waals surface area contributed by atoms with Crippen molar-refractivity contribution in [2.24, 2.45) is 0 Å². The second-order valence-corrected chi connectivity index (χ2v) is 6.59. The van der Waals surface area contributed by atoms with E-state index in [1.807, 2.05) is 29.1 Å². The fourth-order valence-electron chi connectivity index (χ4n) is 3.36. The third kappa shape index (κ3) is 3.05. The molecule has 6 heteroatoms. The molecule has 0 unspecified atom stereocenters. The van der Waals surface area contributed by atoms with Gasteiger partial charge in [0.05, 0.1) is 18.4 Å². The Bertz CT molecular complexity index is 1180. The summed E-state index contributed by atoms with van der Waals surface area (Å²) < 4.78 is 12.4. The molecular formula is C22H17N3O3. The van der Waals surface area contributed by atoms with Crippen molar-refractivity contribution in [1.29, 1.82) is 0 Å². The lowest BCUT2D eigenvalue weighted by atomic mass is 10.0. The number of rotatable bonds is 4. The van der Waals surface area contributed by atoms with Gasteiger partial charge in [-0.1, -0.05) is 42.5 Å². The minimum atomic E-state index is -0.219. The molecule has 0 spiro atoms. The van der Waals surface area contributed by atoms with Crippen molar-refractivity contribution < 1.29 is 14.3 Å². The van der Waals surface area contributed by atoms with E-state index in [9.17, 15) is 4.79 Å². The van der Waals surface area contributed by atoms with Gasteiger partial charge < -0.3 is 14.8 Å². The summed E-state index contributed by atoms with van der Waals surface area (Å²) in [5.41, 5.74) is 2.32. The molecule has 0 radical (unpaired) electrons. The third-order valence-corrected chi connectivity index (χ3v) is 4.74. The number of nitrogens with zero attached hydrogens (tertiary/aromatic N) is 2. The Kier molecular flexibility index (Phi) is 3.94. The number of anilines is 1. The summed E-state index contributed by atoms with van der Waals surface area (Å²) in [5, 5.41) is 9.65. The van der Waals surface area contributed by atoms with Crippen LogP contribution < -0.4 is 14.8 Å². The minimum Gasteiger partial charge on any atom is -0.454 e. The zero-order valence-corrected chi connectivity index (χ0v) is 15.0. The van der Waals surface area contributed by atoms with Crippen molar-refractivity contribution in [1.82, 2.24) is 9.78 Å². The van der Waals surface area contributed by atoms with Crippen LogP contribution in [0, 0.1) is 0 Å². The van der Waals surface area contributed by atoms with Gasteiger partial charge in [-0.25, -0.2) is 0 Å². The quantitative estimate of drug-likeness (QED) is 0.587. The molecule has 138 valence electrons. The lowest BCUT2D eigenvalue weighted by Crippen LogP contribution is -2.11. The van der Waals surface area contributed by atoms with Gasteiger partial charge in [-0.2, -0.15) is 5.10 Å². The van der Waals surface area contributed by atoms with E-state index in [0.29, 0.717) is 29.3 Å².